The Morgan fingerprint density at radius 3 is 2.23 bits per heavy atom. The van der Waals surface area contributed by atoms with Gasteiger partial charge in [-0.25, -0.2) is 13.1 Å². The fraction of sp³-hybridized carbons (Fsp3) is 1.00. The van der Waals surface area contributed by atoms with Crippen molar-refractivity contribution in [2.45, 2.75) is 39.0 Å². The van der Waals surface area contributed by atoms with E-state index in [9.17, 15) is 8.42 Å². The van der Waals surface area contributed by atoms with Gasteiger partial charge in [0.2, 0.25) is 10.0 Å². The van der Waals surface area contributed by atoms with Crippen LogP contribution in [-0.2, 0) is 10.0 Å². The summed E-state index contributed by atoms with van der Waals surface area (Å²) in [5, 5.41) is 0. The van der Waals surface area contributed by atoms with Gasteiger partial charge in [0, 0.05) is 0 Å². The highest BCUT2D eigenvalue weighted by Gasteiger charge is 2.31. The lowest BCUT2D eigenvalue weighted by molar-refractivity contribution is 0.247. The molecule has 0 aromatic carbocycles. The molecule has 0 radical (unpaired) electrons. The molecular weight excluding hydrogens is 186 g/mol. The van der Waals surface area contributed by atoms with E-state index in [0.717, 1.165) is 12.8 Å². The van der Waals surface area contributed by atoms with Gasteiger partial charge in [0.1, 0.15) is 0 Å². The molecule has 0 heterocycles. The highest BCUT2D eigenvalue weighted by atomic mass is 32.2. The summed E-state index contributed by atoms with van der Waals surface area (Å²) in [5.41, 5.74) is 0.0140. The van der Waals surface area contributed by atoms with Crippen molar-refractivity contribution in [2.24, 2.45) is 5.41 Å². The minimum absolute atomic E-state index is 0.0140. The van der Waals surface area contributed by atoms with Crippen LogP contribution in [0, 0.1) is 5.41 Å². The van der Waals surface area contributed by atoms with Crippen LogP contribution in [0.5, 0.6) is 0 Å². The minimum atomic E-state index is -3.03. The lowest BCUT2D eigenvalue weighted by Crippen LogP contribution is -2.34. The lowest BCUT2D eigenvalue weighted by atomic mass is 9.77. The van der Waals surface area contributed by atoms with E-state index in [1.165, 1.54) is 26.3 Å². The maximum Gasteiger partial charge on any atom is 0.211 e. The fourth-order valence-corrected chi connectivity index (χ4v) is 3.43. The van der Waals surface area contributed by atoms with Crippen molar-refractivity contribution in [3.8, 4) is 0 Å². The number of hydrogen-bond acceptors (Lipinski definition) is 2. The van der Waals surface area contributed by atoms with Crippen LogP contribution in [0.4, 0.5) is 0 Å². The van der Waals surface area contributed by atoms with Crippen molar-refractivity contribution in [3.63, 3.8) is 0 Å². The molecule has 1 N–H and O–H groups in total. The van der Waals surface area contributed by atoms with Gasteiger partial charge in [0.05, 0.1) is 5.75 Å². The van der Waals surface area contributed by atoms with E-state index in [0.29, 0.717) is 0 Å². The molecule has 4 heteroatoms. The van der Waals surface area contributed by atoms with Gasteiger partial charge in [-0.2, -0.15) is 0 Å². The molecule has 0 amide bonds. The first-order valence-electron chi connectivity index (χ1n) is 4.89. The summed E-state index contributed by atoms with van der Waals surface area (Å²) in [5.74, 6) is 0.288. The Morgan fingerprint density at radius 1 is 1.23 bits per heavy atom. The second-order valence-electron chi connectivity index (χ2n) is 4.33. The summed E-state index contributed by atoms with van der Waals surface area (Å²) in [6, 6.07) is 0. The Morgan fingerprint density at radius 2 is 1.77 bits per heavy atom. The Hall–Kier alpha value is -0.0900. The van der Waals surface area contributed by atoms with Gasteiger partial charge in [-0.05, 0) is 25.3 Å². The van der Waals surface area contributed by atoms with Gasteiger partial charge in [-0.3, -0.25) is 0 Å². The zero-order valence-corrected chi connectivity index (χ0v) is 9.28. The van der Waals surface area contributed by atoms with Crippen LogP contribution in [-0.4, -0.2) is 21.2 Å². The second-order valence-corrected chi connectivity index (χ2v) is 6.26. The molecule has 0 aliphatic heterocycles. The average molecular weight is 205 g/mol. The van der Waals surface area contributed by atoms with Crippen LogP contribution < -0.4 is 4.72 Å². The monoisotopic (exact) mass is 205 g/mol. The van der Waals surface area contributed by atoms with Crippen molar-refractivity contribution in [1.82, 2.24) is 4.72 Å². The summed E-state index contributed by atoms with van der Waals surface area (Å²) in [6.07, 6.45) is 5.71. The van der Waals surface area contributed by atoms with E-state index >= 15 is 0 Å². The number of nitrogens with one attached hydrogen (secondary N) is 1. The van der Waals surface area contributed by atoms with Crippen LogP contribution in [0.25, 0.3) is 0 Å². The highest BCUT2D eigenvalue weighted by molar-refractivity contribution is 7.89. The van der Waals surface area contributed by atoms with E-state index in [-0.39, 0.29) is 11.2 Å². The van der Waals surface area contributed by atoms with Crippen LogP contribution in [0.3, 0.4) is 0 Å². The first kappa shape index (κ1) is 11.0. The third kappa shape index (κ3) is 3.27. The number of hydrogen-bond donors (Lipinski definition) is 1. The quantitative estimate of drug-likeness (QED) is 0.759. The molecule has 1 saturated carbocycles. The van der Waals surface area contributed by atoms with Crippen LogP contribution >= 0.6 is 0 Å². The van der Waals surface area contributed by atoms with Gasteiger partial charge in [0.25, 0.3) is 0 Å². The van der Waals surface area contributed by atoms with E-state index in [2.05, 4.69) is 11.6 Å². The first-order chi connectivity index (χ1) is 5.97. The maximum atomic E-state index is 11.4. The molecule has 1 aliphatic carbocycles. The maximum absolute atomic E-state index is 11.4. The molecule has 0 spiro atoms. The van der Waals surface area contributed by atoms with Crippen molar-refractivity contribution in [2.75, 3.05) is 12.8 Å². The molecule has 1 aliphatic rings. The van der Waals surface area contributed by atoms with E-state index in [4.69, 9.17) is 0 Å². The summed E-state index contributed by atoms with van der Waals surface area (Å²) >= 11 is 0. The van der Waals surface area contributed by atoms with Gasteiger partial charge in [-0.1, -0.05) is 26.2 Å². The summed E-state index contributed by atoms with van der Waals surface area (Å²) in [7, 11) is -1.54. The largest absolute Gasteiger partial charge is 0.218 e. The smallest absolute Gasteiger partial charge is 0.211 e. The molecule has 78 valence electrons. The van der Waals surface area contributed by atoms with E-state index in [1.54, 1.807) is 0 Å². The summed E-state index contributed by atoms with van der Waals surface area (Å²) in [4.78, 5) is 0. The zero-order chi connectivity index (χ0) is 9.95. The predicted molar refractivity (Wildman–Crippen MR) is 54.0 cm³/mol. The summed E-state index contributed by atoms with van der Waals surface area (Å²) in [6.45, 7) is 2.08. The third-order valence-corrected chi connectivity index (χ3v) is 4.61. The molecule has 0 unspecified atom stereocenters. The SMILES string of the molecule is CNS(=O)(=O)CC1(C)CCCCC1. The predicted octanol–water partition coefficient (Wildman–Crippen LogP) is 1.51. The molecule has 3 nitrogen and oxygen atoms in total. The van der Waals surface area contributed by atoms with Crippen LogP contribution in [0.1, 0.15) is 39.0 Å². The zero-order valence-electron chi connectivity index (χ0n) is 8.47. The van der Waals surface area contributed by atoms with Gasteiger partial charge in [-0.15, -0.1) is 0 Å². The van der Waals surface area contributed by atoms with Crippen molar-refractivity contribution < 1.29 is 8.42 Å². The molecule has 0 saturated heterocycles. The Kier molecular flexibility index (Phi) is 3.35. The normalized spacial score (nSPS) is 22.9. The standard InChI is InChI=1S/C9H19NO2S/c1-9(6-4-3-5-7-9)8-13(11,12)10-2/h10H,3-8H2,1-2H3. The van der Waals surface area contributed by atoms with Gasteiger partial charge >= 0.3 is 0 Å². The van der Waals surface area contributed by atoms with Crippen LogP contribution in [0.15, 0.2) is 0 Å². The Labute approximate surface area is 81.0 Å². The molecule has 1 rings (SSSR count). The molecular formula is C9H19NO2S. The molecule has 0 bridgehead atoms. The van der Waals surface area contributed by atoms with E-state index < -0.39 is 10.0 Å². The van der Waals surface area contributed by atoms with Crippen molar-refractivity contribution in [3.05, 3.63) is 0 Å². The fourth-order valence-electron chi connectivity index (χ4n) is 2.08. The minimum Gasteiger partial charge on any atom is -0.218 e. The molecule has 0 aromatic heterocycles. The number of rotatable bonds is 3. The first-order valence-corrected chi connectivity index (χ1v) is 6.54. The van der Waals surface area contributed by atoms with E-state index in [1.807, 2.05) is 0 Å². The Bertz CT molecular complexity index is 253. The van der Waals surface area contributed by atoms with Gasteiger partial charge in [0.15, 0.2) is 0 Å². The number of sulfonamides is 1. The highest BCUT2D eigenvalue weighted by Crippen LogP contribution is 2.36. The topological polar surface area (TPSA) is 46.2 Å². The lowest BCUT2D eigenvalue weighted by Gasteiger charge is -2.32. The molecule has 0 aromatic rings. The second kappa shape index (κ2) is 3.96. The third-order valence-electron chi connectivity index (χ3n) is 2.91. The van der Waals surface area contributed by atoms with Crippen molar-refractivity contribution in [1.29, 1.82) is 0 Å². The van der Waals surface area contributed by atoms with Crippen molar-refractivity contribution >= 4 is 10.0 Å². The van der Waals surface area contributed by atoms with Crippen LogP contribution in [0.2, 0.25) is 0 Å². The molecule has 13 heavy (non-hydrogen) atoms. The summed E-state index contributed by atoms with van der Waals surface area (Å²) < 4.78 is 25.1. The molecule has 0 atom stereocenters. The van der Waals surface area contributed by atoms with Gasteiger partial charge < -0.3 is 0 Å². The molecule has 1 fully saturated rings. The Balaban J connectivity index is 2.60. The average Bonchev–Trinajstić information content (AvgIpc) is 2.04.